The maximum atomic E-state index is 11.3. The van der Waals surface area contributed by atoms with E-state index in [0.29, 0.717) is 43.8 Å². The molecule has 0 radical (unpaired) electrons. The predicted molar refractivity (Wildman–Crippen MR) is 265 cm³/mol. The molecule has 2 atom stereocenters. The van der Waals surface area contributed by atoms with E-state index in [2.05, 4.69) is 109 Å². The van der Waals surface area contributed by atoms with Gasteiger partial charge in [0.05, 0.1) is 65.3 Å². The van der Waals surface area contributed by atoms with Crippen LogP contribution in [0.5, 0.6) is 0 Å². The number of hydrogen-bond donors (Lipinski definition) is 2. The number of likely N-dealkylation sites (N-methyl/N-ethyl adjacent to an activating group) is 1. The first kappa shape index (κ1) is 55.7. The monoisotopic (exact) mass is 1050 g/mol. The number of aromatic nitrogens is 3. The van der Waals surface area contributed by atoms with Crippen LogP contribution in [-0.2, 0) is 43.1 Å². The minimum absolute atomic E-state index is 0. The summed E-state index contributed by atoms with van der Waals surface area (Å²) >= 11 is 3.60. The van der Waals surface area contributed by atoms with Crippen molar-refractivity contribution >= 4 is 46.2 Å². The van der Waals surface area contributed by atoms with Gasteiger partial charge < -0.3 is 51.5 Å². The molecule has 0 amide bonds. The molecule has 3 saturated heterocycles. The molecule has 1 aromatic carbocycles. The van der Waals surface area contributed by atoms with Gasteiger partial charge in [0.1, 0.15) is 0 Å². The third-order valence-electron chi connectivity index (χ3n) is 12.6. The number of ether oxygens (including phenoxy) is 4. The van der Waals surface area contributed by atoms with E-state index in [-0.39, 0.29) is 93.4 Å². The number of nitrogens with two attached hydrogens (primary N) is 1. The van der Waals surface area contributed by atoms with Gasteiger partial charge in [-0.05, 0) is 83.0 Å². The quantitative estimate of drug-likeness (QED) is 0.0962. The zero-order valence-electron chi connectivity index (χ0n) is 40.8. The van der Waals surface area contributed by atoms with Gasteiger partial charge in [-0.25, -0.2) is 10.4 Å². The second-order valence-electron chi connectivity index (χ2n) is 17.8. The zero-order chi connectivity index (χ0) is 45.3. The molecule has 65 heavy (non-hydrogen) atoms. The number of hydrazine groups is 1. The van der Waals surface area contributed by atoms with E-state index in [1.807, 2.05) is 18.0 Å². The summed E-state index contributed by atoms with van der Waals surface area (Å²) in [6.07, 6.45) is 10.0. The van der Waals surface area contributed by atoms with Gasteiger partial charge in [0.25, 0.3) is 6.47 Å². The standard InChI is InChI=1S/C42H59N7O3S2.C6H11NO2.CH3.Cs/c1-9-48-37-15-14-31(36-26-54-38(44-36)16-13-29(2)49-17-11-10-12-39(45-49)53-8)22-33(37)35(24-42(4,5)27-52-28-50)41(48)34-23-32(25-43-40(34)30(3)51-7)47-20-18-46(6)19-21-47;1-5(7)6(8-2)3-9-4-6;;/h14-15,22-23,25-26,28,30,39,45H,2,9-13,16-21,24,27H2,1,3-8H3;1,3-4,7H2,2H3;1H3;/q;;-1;+1. The molecular formula is C49H73CsN8O5S2. The fraction of sp³-hybridized carbons (Fsp3) is 0.551. The molecule has 3 fully saturated rings. The number of carbonyl (C=O) groups is 1. The van der Waals surface area contributed by atoms with Crippen LogP contribution in [0.2, 0.25) is 0 Å². The Bertz CT molecular complexity index is 2180. The number of aryl methyl sites for hydroxylation is 2. The Morgan fingerprint density at radius 2 is 1.89 bits per heavy atom. The van der Waals surface area contributed by atoms with Gasteiger partial charge in [0.2, 0.25) is 0 Å². The second-order valence-corrected chi connectivity index (χ2v) is 19.7. The van der Waals surface area contributed by atoms with Crippen LogP contribution >= 0.6 is 23.1 Å². The Kier molecular flexibility index (Phi) is 22.0. The Morgan fingerprint density at radius 3 is 2.49 bits per heavy atom. The summed E-state index contributed by atoms with van der Waals surface area (Å²) in [6.45, 7) is 24.3. The van der Waals surface area contributed by atoms with Crippen LogP contribution < -0.4 is 85.0 Å². The number of methoxy groups -OCH3 is 2. The summed E-state index contributed by atoms with van der Waals surface area (Å²) in [4.78, 5) is 26.4. The number of anilines is 1. The van der Waals surface area contributed by atoms with Crippen LogP contribution in [0.1, 0.15) is 75.7 Å². The van der Waals surface area contributed by atoms with Crippen molar-refractivity contribution in [1.29, 1.82) is 0 Å². The van der Waals surface area contributed by atoms with Crippen molar-refractivity contribution in [2.45, 2.75) is 89.8 Å². The molecule has 3 aliphatic rings. The van der Waals surface area contributed by atoms with Gasteiger partial charge in [-0.3, -0.25) is 9.78 Å². The minimum Gasteiger partial charge on any atom is -0.467 e. The normalized spacial score (nSPS) is 18.0. The average molecular weight is 1050 g/mol. The Hall–Kier alpha value is -1.91. The number of rotatable bonds is 18. The van der Waals surface area contributed by atoms with E-state index in [1.54, 1.807) is 25.6 Å². The SMILES string of the molecule is C=C(CCc1nc(-c2ccc3c(c2)c(CC(C)(C)COC=O)c(-c2cc(N4CCN(C)CC4)cnc2C(C)OC)n3CC)cs1)N1CCCCC(SC)N1.C=C(N)C1(OC)COC1.[CH3-].[Cs+]. The van der Waals surface area contributed by atoms with Crippen LogP contribution in [0, 0.1) is 12.8 Å². The van der Waals surface area contributed by atoms with Crippen molar-refractivity contribution in [3.8, 4) is 22.5 Å². The zero-order valence-corrected chi connectivity index (χ0v) is 48.7. The first-order valence-corrected chi connectivity index (χ1v) is 24.4. The van der Waals surface area contributed by atoms with E-state index in [9.17, 15) is 4.79 Å². The van der Waals surface area contributed by atoms with E-state index in [0.717, 1.165) is 96.7 Å². The smallest absolute Gasteiger partial charge is 0.467 e. The predicted octanol–water partition coefficient (Wildman–Crippen LogP) is 5.50. The number of hydrogen-bond acceptors (Lipinski definition) is 14. The topological polar surface area (TPSA) is 132 Å². The number of pyridine rings is 1. The summed E-state index contributed by atoms with van der Waals surface area (Å²) < 4.78 is 23.8. The van der Waals surface area contributed by atoms with Gasteiger partial charge >= 0.3 is 68.9 Å². The number of carbonyl (C=O) groups excluding carboxylic acids is 1. The largest absolute Gasteiger partial charge is 1.00 e. The number of nitrogens with zero attached hydrogens (tertiary/aromatic N) is 6. The molecule has 7 rings (SSSR count). The van der Waals surface area contributed by atoms with Crippen molar-refractivity contribution in [3.05, 3.63) is 84.1 Å². The molecule has 6 heterocycles. The van der Waals surface area contributed by atoms with Gasteiger partial charge in [0.15, 0.2) is 5.60 Å². The van der Waals surface area contributed by atoms with Crippen LogP contribution in [0.15, 0.2) is 60.4 Å². The number of benzene rings is 1. The number of thioether (sulfide) groups is 1. The number of fused-ring (bicyclic) bond motifs is 1. The molecule has 0 spiro atoms. The summed E-state index contributed by atoms with van der Waals surface area (Å²) in [5.41, 5.74) is 18.9. The number of thiazole rings is 1. The Balaban J connectivity index is 0.000000751. The summed E-state index contributed by atoms with van der Waals surface area (Å²) in [5.74, 6) is 0. The van der Waals surface area contributed by atoms with Crippen LogP contribution in [0.25, 0.3) is 33.4 Å². The van der Waals surface area contributed by atoms with Crippen molar-refractivity contribution in [3.63, 3.8) is 0 Å². The fourth-order valence-corrected chi connectivity index (χ4v) is 9.95. The molecule has 3 aromatic heterocycles. The van der Waals surface area contributed by atoms with E-state index < -0.39 is 0 Å². The third kappa shape index (κ3) is 13.7. The summed E-state index contributed by atoms with van der Waals surface area (Å²) in [6, 6.07) is 9.10. The first-order valence-electron chi connectivity index (χ1n) is 22.2. The van der Waals surface area contributed by atoms with Crippen LogP contribution in [0.4, 0.5) is 5.69 Å². The third-order valence-corrected chi connectivity index (χ3v) is 14.5. The maximum Gasteiger partial charge on any atom is 1.00 e. The number of nitrogens with one attached hydrogen (secondary N) is 1. The average Bonchev–Trinajstić information content (AvgIpc) is 3.77. The molecule has 16 heteroatoms. The van der Waals surface area contributed by atoms with Crippen molar-refractivity contribution in [1.82, 2.24) is 29.9 Å². The summed E-state index contributed by atoms with van der Waals surface area (Å²) in [5, 5.41) is 7.20. The van der Waals surface area contributed by atoms with E-state index >= 15 is 0 Å². The molecule has 3 N–H and O–H groups in total. The molecule has 13 nitrogen and oxygen atoms in total. The molecule has 4 aromatic rings. The fourth-order valence-electron chi connectivity index (χ4n) is 8.50. The first-order chi connectivity index (χ1) is 30.3. The van der Waals surface area contributed by atoms with E-state index in [4.69, 9.17) is 34.6 Å². The molecule has 2 unspecified atom stereocenters. The van der Waals surface area contributed by atoms with Gasteiger partial charge in [0, 0.05) is 104 Å². The molecular weight excluding hydrogens is 978 g/mol. The molecule has 0 saturated carbocycles. The van der Waals surface area contributed by atoms with Crippen molar-refractivity contribution in [2.24, 2.45) is 11.1 Å². The Labute approximate surface area is 456 Å². The number of allylic oxidation sites excluding steroid dienone is 1. The minimum atomic E-state index is -0.375. The Morgan fingerprint density at radius 1 is 1.15 bits per heavy atom. The molecule has 3 aliphatic heterocycles. The summed E-state index contributed by atoms with van der Waals surface area (Å²) in [7, 11) is 5.54. The van der Waals surface area contributed by atoms with Gasteiger partial charge in [-0.1, -0.05) is 33.1 Å². The van der Waals surface area contributed by atoms with Gasteiger partial charge in [-0.15, -0.1) is 23.1 Å². The van der Waals surface area contributed by atoms with Gasteiger partial charge in [-0.2, -0.15) is 0 Å². The molecule has 0 aliphatic carbocycles. The second kappa shape index (κ2) is 25.6. The maximum absolute atomic E-state index is 11.3. The van der Waals surface area contributed by atoms with Crippen LogP contribution in [0.3, 0.4) is 0 Å². The van der Waals surface area contributed by atoms with Crippen molar-refractivity contribution < 1.29 is 92.6 Å². The number of piperazine rings is 1. The van der Waals surface area contributed by atoms with E-state index in [1.165, 1.54) is 35.7 Å². The van der Waals surface area contributed by atoms with Crippen LogP contribution in [-0.4, -0.2) is 122 Å². The molecule has 0 bridgehead atoms. The molecule has 352 valence electrons. The van der Waals surface area contributed by atoms with Crippen molar-refractivity contribution in [2.75, 3.05) is 85.0 Å².